The molecule has 158 valence electrons. The summed E-state index contributed by atoms with van der Waals surface area (Å²) in [5, 5.41) is 4.43. The van der Waals surface area contributed by atoms with Gasteiger partial charge in [0.15, 0.2) is 11.5 Å². The van der Waals surface area contributed by atoms with Gasteiger partial charge >= 0.3 is 0 Å². The molecule has 1 fully saturated rings. The topological polar surface area (TPSA) is 70.7 Å². The first kappa shape index (κ1) is 20.7. The molecule has 7 nitrogen and oxygen atoms in total. The average Bonchev–Trinajstić information content (AvgIpc) is 3.47. The van der Waals surface area contributed by atoms with Crippen molar-refractivity contribution in [3.8, 4) is 0 Å². The molecular weight excluding hydrogens is 394 g/mol. The predicted molar refractivity (Wildman–Crippen MR) is 125 cm³/mol. The minimum Gasteiger partial charge on any atom is -0.328 e. The van der Waals surface area contributed by atoms with Crippen LogP contribution >= 0.6 is 11.5 Å². The van der Waals surface area contributed by atoms with E-state index in [4.69, 9.17) is 4.98 Å². The Morgan fingerprint density at radius 2 is 2.10 bits per heavy atom. The van der Waals surface area contributed by atoms with Crippen molar-refractivity contribution in [1.82, 2.24) is 23.6 Å². The number of fused-ring (bicyclic) bond motifs is 1. The fraction of sp³-hybridized carbons (Fsp3) is 0.455. The number of aryl methyl sites for hydroxylation is 1. The van der Waals surface area contributed by atoms with Gasteiger partial charge in [-0.3, -0.25) is 14.3 Å². The molecule has 1 saturated heterocycles. The van der Waals surface area contributed by atoms with Crippen LogP contribution in [0.3, 0.4) is 0 Å². The predicted octanol–water partition coefficient (Wildman–Crippen LogP) is 5.07. The van der Waals surface area contributed by atoms with E-state index in [0.717, 1.165) is 57.8 Å². The molecule has 1 aliphatic heterocycles. The highest BCUT2D eigenvalue weighted by Crippen LogP contribution is 2.27. The Labute approximate surface area is 181 Å². The van der Waals surface area contributed by atoms with Crippen LogP contribution in [0.15, 0.2) is 29.7 Å². The Balaban J connectivity index is 1.59. The lowest BCUT2D eigenvalue weighted by Crippen LogP contribution is -2.18. The van der Waals surface area contributed by atoms with E-state index < -0.39 is 0 Å². The van der Waals surface area contributed by atoms with Crippen molar-refractivity contribution in [2.24, 2.45) is 4.99 Å². The second-order valence-electron chi connectivity index (χ2n) is 7.89. The molecule has 3 aromatic heterocycles. The molecule has 0 saturated carbocycles. The highest BCUT2D eigenvalue weighted by molar-refractivity contribution is 7.10. The smallest absolute Gasteiger partial charge is 0.180 e. The van der Waals surface area contributed by atoms with Crippen molar-refractivity contribution in [1.29, 1.82) is 0 Å². The number of nitrogens with zero attached hydrogens (tertiary/aromatic N) is 6. The van der Waals surface area contributed by atoms with Gasteiger partial charge in [-0.1, -0.05) is 6.92 Å². The molecule has 0 atom stereocenters. The molecule has 0 aromatic carbocycles. The van der Waals surface area contributed by atoms with Crippen LogP contribution in [0.5, 0.6) is 0 Å². The van der Waals surface area contributed by atoms with Gasteiger partial charge in [-0.25, -0.2) is 9.97 Å². The van der Waals surface area contributed by atoms with E-state index in [9.17, 15) is 0 Å². The third-order valence-electron chi connectivity index (χ3n) is 5.39. The lowest BCUT2D eigenvalue weighted by atomic mass is 10.2. The molecule has 0 radical (unpaired) electrons. The zero-order valence-corrected chi connectivity index (χ0v) is 19.0. The van der Waals surface area contributed by atoms with Crippen LogP contribution in [0.4, 0.5) is 10.8 Å². The number of aromatic nitrogens is 4. The summed E-state index contributed by atoms with van der Waals surface area (Å²) in [6, 6.07) is 2.13. The second-order valence-corrected chi connectivity index (χ2v) is 8.69. The molecule has 3 aromatic rings. The lowest BCUT2D eigenvalue weighted by Gasteiger charge is -2.11. The number of likely N-dealkylation sites (tertiary alicyclic amines) is 1. The van der Waals surface area contributed by atoms with Crippen molar-refractivity contribution >= 4 is 39.3 Å². The van der Waals surface area contributed by atoms with E-state index in [2.05, 4.69) is 48.9 Å². The Bertz CT molecular complexity index is 1090. The third kappa shape index (κ3) is 4.60. The van der Waals surface area contributed by atoms with E-state index in [1.807, 2.05) is 32.4 Å². The maximum Gasteiger partial charge on any atom is 0.180 e. The van der Waals surface area contributed by atoms with Gasteiger partial charge < -0.3 is 5.32 Å². The summed E-state index contributed by atoms with van der Waals surface area (Å²) in [5.74, 6) is 0.749. The second kappa shape index (κ2) is 9.06. The molecule has 1 aliphatic rings. The zero-order chi connectivity index (χ0) is 21.1. The van der Waals surface area contributed by atoms with Crippen LogP contribution in [0.25, 0.3) is 11.2 Å². The van der Waals surface area contributed by atoms with Gasteiger partial charge in [-0.2, -0.15) is 4.37 Å². The van der Waals surface area contributed by atoms with Crippen LogP contribution < -0.4 is 5.32 Å². The summed E-state index contributed by atoms with van der Waals surface area (Å²) in [4.78, 5) is 16.3. The standard InChI is InChI=1S/C22H29N7S/c1-5-16(3)23-11-15(2)19-12-24-22-21(25-17(4)13-29(19)22)26-20-10-18(27-30-20)14-28-8-6-7-9-28/h10-13H,5-9,14H2,1-4H3,(H,25,26)/b15-11+,23-16?. The molecule has 30 heavy (non-hydrogen) atoms. The molecule has 8 heteroatoms. The number of hydrogen-bond acceptors (Lipinski definition) is 7. The Morgan fingerprint density at radius 3 is 2.87 bits per heavy atom. The number of aliphatic imine (C=N–C) groups is 1. The quantitative estimate of drug-likeness (QED) is 0.538. The van der Waals surface area contributed by atoms with E-state index in [0.29, 0.717) is 0 Å². The van der Waals surface area contributed by atoms with Crippen LogP contribution in [-0.4, -0.2) is 42.4 Å². The first-order chi connectivity index (χ1) is 14.5. The van der Waals surface area contributed by atoms with Crippen molar-refractivity contribution < 1.29 is 0 Å². The first-order valence-electron chi connectivity index (χ1n) is 10.5. The molecule has 0 spiro atoms. The molecule has 1 N–H and O–H groups in total. The summed E-state index contributed by atoms with van der Waals surface area (Å²) in [6.45, 7) is 11.5. The van der Waals surface area contributed by atoms with Gasteiger partial charge in [0.05, 0.1) is 23.3 Å². The molecular formula is C22H29N7S. The minimum atomic E-state index is 0.749. The van der Waals surface area contributed by atoms with Crippen molar-refractivity contribution in [3.05, 3.63) is 41.7 Å². The Morgan fingerprint density at radius 1 is 1.30 bits per heavy atom. The highest BCUT2D eigenvalue weighted by Gasteiger charge is 2.15. The number of imidazole rings is 1. The van der Waals surface area contributed by atoms with Crippen molar-refractivity contribution in [2.45, 2.75) is 53.5 Å². The van der Waals surface area contributed by atoms with Crippen LogP contribution in [-0.2, 0) is 6.54 Å². The Kier molecular flexibility index (Phi) is 6.24. The normalized spacial score (nSPS) is 16.0. The number of rotatable bonds is 7. The minimum absolute atomic E-state index is 0.749. The summed E-state index contributed by atoms with van der Waals surface area (Å²) < 4.78 is 6.70. The number of hydrogen-bond donors (Lipinski definition) is 1. The van der Waals surface area contributed by atoms with Gasteiger partial charge in [0.2, 0.25) is 0 Å². The largest absolute Gasteiger partial charge is 0.328 e. The Hall–Kier alpha value is -2.58. The van der Waals surface area contributed by atoms with Gasteiger partial charge in [-0.15, -0.1) is 0 Å². The van der Waals surface area contributed by atoms with Crippen LogP contribution in [0.2, 0.25) is 0 Å². The van der Waals surface area contributed by atoms with Crippen molar-refractivity contribution in [3.63, 3.8) is 0 Å². The van der Waals surface area contributed by atoms with Crippen LogP contribution in [0, 0.1) is 6.92 Å². The lowest BCUT2D eigenvalue weighted by molar-refractivity contribution is 0.328. The summed E-state index contributed by atoms with van der Waals surface area (Å²) >= 11 is 1.48. The third-order valence-corrected chi connectivity index (χ3v) is 6.13. The van der Waals surface area contributed by atoms with Crippen molar-refractivity contribution in [2.75, 3.05) is 18.4 Å². The fourth-order valence-electron chi connectivity index (χ4n) is 3.58. The van der Waals surface area contributed by atoms with E-state index in [1.54, 1.807) is 0 Å². The maximum atomic E-state index is 4.70. The first-order valence-corrected chi connectivity index (χ1v) is 11.3. The maximum absolute atomic E-state index is 4.70. The molecule has 0 amide bonds. The van der Waals surface area contributed by atoms with E-state index in [-0.39, 0.29) is 0 Å². The molecule has 4 rings (SSSR count). The van der Waals surface area contributed by atoms with Crippen LogP contribution in [0.1, 0.15) is 57.1 Å². The van der Waals surface area contributed by atoms with Gasteiger partial charge in [0.25, 0.3) is 0 Å². The zero-order valence-electron chi connectivity index (χ0n) is 18.1. The fourth-order valence-corrected chi connectivity index (χ4v) is 4.24. The highest BCUT2D eigenvalue weighted by atomic mass is 32.1. The molecule has 0 aliphatic carbocycles. The van der Waals surface area contributed by atoms with Gasteiger partial charge in [-0.05, 0) is 76.3 Å². The molecule has 0 bridgehead atoms. The summed E-state index contributed by atoms with van der Waals surface area (Å²) in [7, 11) is 0. The molecule has 4 heterocycles. The number of nitrogens with one attached hydrogen (secondary N) is 1. The number of anilines is 2. The van der Waals surface area contributed by atoms with E-state index >= 15 is 0 Å². The summed E-state index contributed by atoms with van der Waals surface area (Å²) in [5.41, 5.74) is 6.03. The summed E-state index contributed by atoms with van der Waals surface area (Å²) in [6.07, 6.45) is 9.35. The SMILES string of the molecule is CCC(C)=N/C=C(\C)c1cnc2c(Nc3cc(CN4CCCC4)ns3)nc(C)cn12. The average molecular weight is 424 g/mol. The van der Waals surface area contributed by atoms with Gasteiger partial charge in [0, 0.05) is 24.7 Å². The van der Waals surface area contributed by atoms with Gasteiger partial charge in [0.1, 0.15) is 5.00 Å². The van der Waals surface area contributed by atoms with E-state index in [1.165, 1.54) is 37.5 Å². The molecule has 0 unspecified atom stereocenters. The monoisotopic (exact) mass is 423 g/mol. The number of allylic oxidation sites excluding steroid dienone is 1.